The van der Waals surface area contributed by atoms with Crippen LogP contribution in [0.5, 0.6) is 11.5 Å². The summed E-state index contributed by atoms with van der Waals surface area (Å²) in [6, 6.07) is 13.9. The first-order valence-electron chi connectivity index (χ1n) is 6.12. The molecule has 0 bridgehead atoms. The van der Waals surface area contributed by atoms with Crippen LogP contribution in [0.2, 0.25) is 0 Å². The summed E-state index contributed by atoms with van der Waals surface area (Å²) < 4.78 is 7.79. The Morgan fingerprint density at radius 1 is 1.00 bits per heavy atom. The van der Waals surface area contributed by atoms with Crippen molar-refractivity contribution < 1.29 is 4.74 Å². The van der Waals surface area contributed by atoms with E-state index in [4.69, 9.17) is 4.74 Å². The number of hydrogen-bond acceptors (Lipinski definition) is 2. The molecule has 0 fully saturated rings. The maximum atomic E-state index is 5.89. The molecule has 100 valence electrons. The lowest BCUT2D eigenvalue weighted by Crippen LogP contribution is -2.11. The third-order valence-electron chi connectivity index (χ3n) is 2.63. The normalized spacial score (nSPS) is 10.5. The van der Waals surface area contributed by atoms with Gasteiger partial charge in [-0.05, 0) is 68.2 Å². The number of ether oxygens (including phenoxy) is 1. The van der Waals surface area contributed by atoms with Crippen molar-refractivity contribution in [2.24, 2.45) is 0 Å². The minimum absolute atomic E-state index is 0.808. The SMILES string of the molecule is CCNCc1ccc(Oc2ccccc2Br)c(Br)c1. The molecule has 2 aromatic rings. The lowest BCUT2D eigenvalue weighted by molar-refractivity contribution is 0.476. The van der Waals surface area contributed by atoms with Gasteiger partial charge in [0.1, 0.15) is 11.5 Å². The number of benzene rings is 2. The second-order valence-electron chi connectivity index (χ2n) is 4.08. The number of nitrogens with one attached hydrogen (secondary N) is 1. The van der Waals surface area contributed by atoms with Gasteiger partial charge in [-0.3, -0.25) is 0 Å². The van der Waals surface area contributed by atoms with Crippen LogP contribution in [0.15, 0.2) is 51.4 Å². The van der Waals surface area contributed by atoms with Gasteiger partial charge >= 0.3 is 0 Å². The van der Waals surface area contributed by atoms with E-state index in [1.54, 1.807) is 0 Å². The van der Waals surface area contributed by atoms with Crippen LogP contribution in [0.3, 0.4) is 0 Å². The van der Waals surface area contributed by atoms with E-state index in [1.807, 2.05) is 30.3 Å². The molecular weight excluding hydrogens is 370 g/mol. The fourth-order valence-corrected chi connectivity index (χ4v) is 2.53. The largest absolute Gasteiger partial charge is 0.455 e. The Labute approximate surface area is 130 Å². The molecule has 2 rings (SSSR count). The maximum Gasteiger partial charge on any atom is 0.141 e. The predicted octanol–water partition coefficient (Wildman–Crippen LogP) is 5.11. The van der Waals surface area contributed by atoms with E-state index in [-0.39, 0.29) is 0 Å². The molecule has 4 heteroatoms. The minimum Gasteiger partial charge on any atom is -0.455 e. The second kappa shape index (κ2) is 7.08. The third-order valence-corrected chi connectivity index (χ3v) is 3.91. The van der Waals surface area contributed by atoms with E-state index < -0.39 is 0 Å². The van der Waals surface area contributed by atoms with Gasteiger partial charge in [0.15, 0.2) is 0 Å². The molecule has 19 heavy (non-hydrogen) atoms. The summed E-state index contributed by atoms with van der Waals surface area (Å²) in [6.07, 6.45) is 0. The summed E-state index contributed by atoms with van der Waals surface area (Å²) in [6.45, 7) is 3.93. The Morgan fingerprint density at radius 3 is 2.42 bits per heavy atom. The van der Waals surface area contributed by atoms with Crippen LogP contribution in [0, 0.1) is 0 Å². The first-order valence-corrected chi connectivity index (χ1v) is 7.71. The topological polar surface area (TPSA) is 21.3 Å². The number of hydrogen-bond donors (Lipinski definition) is 1. The molecule has 1 N–H and O–H groups in total. The van der Waals surface area contributed by atoms with Crippen LogP contribution >= 0.6 is 31.9 Å². The molecule has 0 aliphatic rings. The fraction of sp³-hybridized carbons (Fsp3) is 0.200. The van der Waals surface area contributed by atoms with Gasteiger partial charge in [0, 0.05) is 6.54 Å². The molecule has 0 aliphatic heterocycles. The summed E-state index contributed by atoms with van der Waals surface area (Å²) in [5.41, 5.74) is 1.23. The van der Waals surface area contributed by atoms with E-state index in [0.717, 1.165) is 33.5 Å². The Bertz CT molecular complexity index is 558. The molecule has 0 atom stereocenters. The standard InChI is InChI=1S/C15H15Br2NO/c1-2-18-10-11-7-8-15(13(17)9-11)19-14-6-4-3-5-12(14)16/h3-9,18H,2,10H2,1H3. The fourth-order valence-electron chi connectivity index (χ4n) is 1.65. The first kappa shape index (κ1) is 14.6. The average Bonchev–Trinajstić information content (AvgIpc) is 2.41. The van der Waals surface area contributed by atoms with Gasteiger partial charge in [-0.15, -0.1) is 0 Å². The highest BCUT2D eigenvalue weighted by Crippen LogP contribution is 2.34. The van der Waals surface area contributed by atoms with E-state index in [0.29, 0.717) is 0 Å². The molecular formula is C15H15Br2NO. The summed E-state index contributed by atoms with van der Waals surface area (Å²) >= 11 is 7.03. The molecule has 0 unspecified atom stereocenters. The van der Waals surface area contributed by atoms with Crippen LogP contribution in [0.25, 0.3) is 0 Å². The maximum absolute atomic E-state index is 5.89. The Hall–Kier alpha value is -0.840. The van der Waals surface area contributed by atoms with Crippen LogP contribution in [0.4, 0.5) is 0 Å². The lowest BCUT2D eigenvalue weighted by Gasteiger charge is -2.11. The smallest absolute Gasteiger partial charge is 0.141 e. The summed E-state index contributed by atoms with van der Waals surface area (Å²) in [5.74, 6) is 1.62. The van der Waals surface area contributed by atoms with E-state index in [2.05, 4.69) is 56.2 Å². The van der Waals surface area contributed by atoms with Crippen LogP contribution < -0.4 is 10.1 Å². The molecule has 2 nitrogen and oxygen atoms in total. The van der Waals surface area contributed by atoms with Gasteiger partial charge in [-0.1, -0.05) is 25.1 Å². The quantitative estimate of drug-likeness (QED) is 0.772. The monoisotopic (exact) mass is 383 g/mol. The molecule has 0 radical (unpaired) electrons. The van der Waals surface area contributed by atoms with Crippen molar-refractivity contribution in [2.75, 3.05) is 6.54 Å². The number of para-hydroxylation sites is 1. The summed E-state index contributed by atoms with van der Waals surface area (Å²) in [4.78, 5) is 0. The predicted molar refractivity (Wildman–Crippen MR) is 85.7 cm³/mol. The minimum atomic E-state index is 0.808. The van der Waals surface area contributed by atoms with Gasteiger partial charge in [0.25, 0.3) is 0 Å². The van der Waals surface area contributed by atoms with Crippen molar-refractivity contribution in [3.63, 3.8) is 0 Å². The Kier molecular flexibility index (Phi) is 5.43. The summed E-state index contributed by atoms with van der Waals surface area (Å²) in [5, 5.41) is 3.30. The van der Waals surface area contributed by atoms with Crippen molar-refractivity contribution in [3.05, 3.63) is 57.0 Å². The molecule has 0 spiro atoms. The van der Waals surface area contributed by atoms with Gasteiger partial charge in [0.05, 0.1) is 8.95 Å². The van der Waals surface area contributed by atoms with Gasteiger partial charge in [-0.2, -0.15) is 0 Å². The molecule has 0 aliphatic carbocycles. The van der Waals surface area contributed by atoms with Crippen molar-refractivity contribution in [2.45, 2.75) is 13.5 Å². The van der Waals surface area contributed by atoms with Crippen molar-refractivity contribution in [1.82, 2.24) is 5.32 Å². The molecule has 0 heterocycles. The second-order valence-corrected chi connectivity index (χ2v) is 5.79. The van der Waals surface area contributed by atoms with E-state index in [1.165, 1.54) is 5.56 Å². The molecule has 0 aromatic heterocycles. The Morgan fingerprint density at radius 2 is 1.74 bits per heavy atom. The number of rotatable bonds is 5. The average molecular weight is 385 g/mol. The molecule has 2 aromatic carbocycles. The first-order chi connectivity index (χ1) is 9.20. The van der Waals surface area contributed by atoms with Crippen molar-refractivity contribution >= 4 is 31.9 Å². The zero-order valence-electron chi connectivity index (χ0n) is 10.6. The van der Waals surface area contributed by atoms with Crippen LogP contribution in [-0.2, 0) is 6.54 Å². The third kappa shape index (κ3) is 4.06. The highest BCUT2D eigenvalue weighted by atomic mass is 79.9. The van der Waals surface area contributed by atoms with Gasteiger partial charge in [0.2, 0.25) is 0 Å². The zero-order valence-corrected chi connectivity index (χ0v) is 13.8. The van der Waals surface area contributed by atoms with Crippen LogP contribution in [-0.4, -0.2) is 6.54 Å². The zero-order chi connectivity index (χ0) is 13.7. The lowest BCUT2D eigenvalue weighted by atomic mass is 10.2. The van der Waals surface area contributed by atoms with E-state index in [9.17, 15) is 0 Å². The van der Waals surface area contributed by atoms with Crippen LogP contribution in [0.1, 0.15) is 12.5 Å². The Balaban J connectivity index is 2.15. The van der Waals surface area contributed by atoms with Crippen molar-refractivity contribution in [1.29, 1.82) is 0 Å². The highest BCUT2D eigenvalue weighted by Gasteiger charge is 2.06. The van der Waals surface area contributed by atoms with Gasteiger partial charge < -0.3 is 10.1 Å². The number of halogens is 2. The highest BCUT2D eigenvalue weighted by molar-refractivity contribution is 9.11. The van der Waals surface area contributed by atoms with Crippen molar-refractivity contribution in [3.8, 4) is 11.5 Å². The van der Waals surface area contributed by atoms with Gasteiger partial charge in [-0.25, -0.2) is 0 Å². The molecule has 0 amide bonds. The molecule has 0 saturated carbocycles. The summed E-state index contributed by atoms with van der Waals surface area (Å²) in [7, 11) is 0. The molecule has 0 saturated heterocycles. The van der Waals surface area contributed by atoms with E-state index >= 15 is 0 Å².